The standard InChI is InChI=1S/C23H21NO4/c25-23(24-14-19-8-11-21-22(12-19)28-16-27-21)13-17-6-9-20(10-7-17)26-15-18-4-2-1-3-5-18/h1-12H,13-16H2,(H,24,25). The number of ether oxygens (including phenoxy) is 3. The molecule has 0 unspecified atom stereocenters. The van der Waals surface area contributed by atoms with E-state index in [0.717, 1.165) is 33.9 Å². The van der Waals surface area contributed by atoms with E-state index in [2.05, 4.69) is 5.32 Å². The van der Waals surface area contributed by atoms with Crippen molar-refractivity contribution in [2.75, 3.05) is 6.79 Å². The van der Waals surface area contributed by atoms with Crippen molar-refractivity contribution in [1.82, 2.24) is 5.32 Å². The van der Waals surface area contributed by atoms with Crippen molar-refractivity contribution in [3.05, 3.63) is 89.5 Å². The highest BCUT2D eigenvalue weighted by molar-refractivity contribution is 5.78. The number of hydrogen-bond acceptors (Lipinski definition) is 4. The summed E-state index contributed by atoms with van der Waals surface area (Å²) in [5.41, 5.74) is 3.03. The van der Waals surface area contributed by atoms with Gasteiger partial charge in [0.1, 0.15) is 12.4 Å². The van der Waals surface area contributed by atoms with Crippen LogP contribution in [0.4, 0.5) is 0 Å². The number of benzene rings is 3. The van der Waals surface area contributed by atoms with Gasteiger partial charge in [-0.05, 0) is 41.0 Å². The Kier molecular flexibility index (Phi) is 5.43. The maximum atomic E-state index is 12.2. The fraction of sp³-hybridized carbons (Fsp3) is 0.174. The first-order valence-electron chi connectivity index (χ1n) is 9.17. The maximum Gasteiger partial charge on any atom is 0.231 e. The van der Waals surface area contributed by atoms with Crippen molar-refractivity contribution < 1.29 is 19.0 Å². The molecule has 28 heavy (non-hydrogen) atoms. The van der Waals surface area contributed by atoms with Gasteiger partial charge in [0, 0.05) is 6.54 Å². The summed E-state index contributed by atoms with van der Waals surface area (Å²) in [7, 11) is 0. The van der Waals surface area contributed by atoms with E-state index in [4.69, 9.17) is 14.2 Å². The van der Waals surface area contributed by atoms with Crippen LogP contribution in [-0.2, 0) is 24.4 Å². The van der Waals surface area contributed by atoms with Gasteiger partial charge in [-0.2, -0.15) is 0 Å². The Balaban J connectivity index is 1.25. The SMILES string of the molecule is O=C(Cc1ccc(OCc2ccccc2)cc1)NCc1ccc2c(c1)OCO2. The second-order valence-electron chi connectivity index (χ2n) is 6.56. The van der Waals surface area contributed by atoms with Gasteiger partial charge in [-0.3, -0.25) is 4.79 Å². The summed E-state index contributed by atoms with van der Waals surface area (Å²) in [6.45, 7) is 1.22. The summed E-state index contributed by atoms with van der Waals surface area (Å²) >= 11 is 0. The fourth-order valence-electron chi connectivity index (χ4n) is 2.94. The third kappa shape index (κ3) is 4.62. The van der Waals surface area contributed by atoms with Gasteiger partial charge in [-0.1, -0.05) is 48.5 Å². The van der Waals surface area contributed by atoms with E-state index in [-0.39, 0.29) is 12.7 Å². The predicted octanol–water partition coefficient (Wildman–Crippen LogP) is 3.85. The molecule has 0 atom stereocenters. The molecule has 3 aromatic carbocycles. The number of nitrogens with one attached hydrogen (secondary N) is 1. The van der Waals surface area contributed by atoms with E-state index < -0.39 is 0 Å². The summed E-state index contributed by atoms with van der Waals surface area (Å²) in [6, 6.07) is 23.3. The molecule has 1 aliphatic heterocycles. The largest absolute Gasteiger partial charge is 0.489 e. The Morgan fingerprint density at radius 1 is 0.857 bits per heavy atom. The van der Waals surface area contributed by atoms with Crippen LogP contribution < -0.4 is 19.5 Å². The molecule has 3 aromatic rings. The summed E-state index contributed by atoms with van der Waals surface area (Å²) in [5.74, 6) is 2.21. The molecule has 0 spiro atoms. The third-order valence-corrected chi connectivity index (χ3v) is 4.46. The Hall–Kier alpha value is -3.47. The molecule has 0 aliphatic carbocycles. The molecule has 1 amide bonds. The van der Waals surface area contributed by atoms with Gasteiger partial charge in [0.05, 0.1) is 6.42 Å². The smallest absolute Gasteiger partial charge is 0.231 e. The lowest BCUT2D eigenvalue weighted by molar-refractivity contribution is -0.120. The highest BCUT2D eigenvalue weighted by atomic mass is 16.7. The summed E-state index contributed by atoms with van der Waals surface area (Å²) in [5, 5.41) is 2.93. The molecule has 4 rings (SSSR count). The second-order valence-corrected chi connectivity index (χ2v) is 6.56. The topological polar surface area (TPSA) is 56.8 Å². The first kappa shape index (κ1) is 17.9. The molecule has 0 saturated heterocycles. The van der Waals surface area contributed by atoms with Crippen LogP contribution in [0.1, 0.15) is 16.7 Å². The molecule has 1 heterocycles. The normalized spacial score (nSPS) is 11.9. The molecule has 0 aromatic heterocycles. The van der Waals surface area contributed by atoms with Crippen molar-refractivity contribution in [2.24, 2.45) is 0 Å². The molecule has 5 heteroatoms. The molecule has 0 bridgehead atoms. The van der Waals surface area contributed by atoms with Crippen molar-refractivity contribution in [3.8, 4) is 17.2 Å². The average molecular weight is 375 g/mol. The summed E-state index contributed by atoms with van der Waals surface area (Å²) in [4.78, 5) is 12.2. The van der Waals surface area contributed by atoms with Crippen LogP contribution in [-0.4, -0.2) is 12.7 Å². The highest BCUT2D eigenvalue weighted by Crippen LogP contribution is 2.32. The van der Waals surface area contributed by atoms with Crippen molar-refractivity contribution in [2.45, 2.75) is 19.6 Å². The number of hydrogen-bond donors (Lipinski definition) is 1. The van der Waals surface area contributed by atoms with Crippen LogP contribution in [0.5, 0.6) is 17.2 Å². The van der Waals surface area contributed by atoms with Gasteiger partial charge in [-0.15, -0.1) is 0 Å². The summed E-state index contributed by atoms with van der Waals surface area (Å²) < 4.78 is 16.4. The lowest BCUT2D eigenvalue weighted by Gasteiger charge is -2.08. The molecule has 0 saturated carbocycles. The molecule has 0 radical (unpaired) electrons. The molecular formula is C23H21NO4. The van der Waals surface area contributed by atoms with Gasteiger partial charge in [-0.25, -0.2) is 0 Å². The Morgan fingerprint density at radius 2 is 1.61 bits per heavy atom. The van der Waals surface area contributed by atoms with Crippen molar-refractivity contribution in [1.29, 1.82) is 0 Å². The van der Waals surface area contributed by atoms with E-state index in [1.807, 2.05) is 72.8 Å². The zero-order valence-electron chi connectivity index (χ0n) is 15.4. The van der Waals surface area contributed by atoms with E-state index in [0.29, 0.717) is 19.6 Å². The van der Waals surface area contributed by atoms with Gasteiger partial charge >= 0.3 is 0 Å². The molecule has 0 fully saturated rings. The third-order valence-electron chi connectivity index (χ3n) is 4.46. The zero-order valence-corrected chi connectivity index (χ0v) is 15.4. The molecule has 142 valence electrons. The van der Waals surface area contributed by atoms with Crippen LogP contribution in [0.2, 0.25) is 0 Å². The Bertz CT molecular complexity index is 939. The fourth-order valence-corrected chi connectivity index (χ4v) is 2.94. The minimum Gasteiger partial charge on any atom is -0.489 e. The number of fused-ring (bicyclic) bond motifs is 1. The number of carbonyl (C=O) groups excluding carboxylic acids is 1. The van der Waals surface area contributed by atoms with Gasteiger partial charge in [0.25, 0.3) is 0 Å². The predicted molar refractivity (Wildman–Crippen MR) is 105 cm³/mol. The average Bonchev–Trinajstić information content (AvgIpc) is 3.20. The van der Waals surface area contributed by atoms with Crippen molar-refractivity contribution in [3.63, 3.8) is 0 Å². The van der Waals surface area contributed by atoms with Crippen LogP contribution in [0.25, 0.3) is 0 Å². The molecule has 1 aliphatic rings. The van der Waals surface area contributed by atoms with Crippen LogP contribution in [0, 0.1) is 0 Å². The maximum absolute atomic E-state index is 12.2. The van der Waals surface area contributed by atoms with Gasteiger partial charge < -0.3 is 19.5 Å². The van der Waals surface area contributed by atoms with E-state index in [9.17, 15) is 4.79 Å². The van der Waals surface area contributed by atoms with Gasteiger partial charge in [0.15, 0.2) is 11.5 Å². The van der Waals surface area contributed by atoms with E-state index in [1.54, 1.807) is 0 Å². The minimum absolute atomic E-state index is 0.0318. The zero-order chi connectivity index (χ0) is 19.2. The monoisotopic (exact) mass is 375 g/mol. The number of carbonyl (C=O) groups is 1. The van der Waals surface area contributed by atoms with E-state index >= 15 is 0 Å². The van der Waals surface area contributed by atoms with Gasteiger partial charge in [0.2, 0.25) is 12.7 Å². The number of rotatable bonds is 7. The first-order valence-corrected chi connectivity index (χ1v) is 9.17. The minimum atomic E-state index is -0.0318. The number of amides is 1. The Labute approximate surface area is 163 Å². The quantitative estimate of drug-likeness (QED) is 0.681. The highest BCUT2D eigenvalue weighted by Gasteiger charge is 2.13. The molecule has 5 nitrogen and oxygen atoms in total. The van der Waals surface area contributed by atoms with E-state index in [1.165, 1.54) is 0 Å². The molecular weight excluding hydrogens is 354 g/mol. The first-order chi connectivity index (χ1) is 13.8. The van der Waals surface area contributed by atoms with Crippen molar-refractivity contribution >= 4 is 5.91 Å². The van der Waals surface area contributed by atoms with Crippen LogP contribution >= 0.6 is 0 Å². The molecule has 1 N–H and O–H groups in total. The lowest BCUT2D eigenvalue weighted by Crippen LogP contribution is -2.24. The second kappa shape index (κ2) is 8.48. The van der Waals surface area contributed by atoms with Crippen LogP contribution in [0.15, 0.2) is 72.8 Å². The lowest BCUT2D eigenvalue weighted by atomic mass is 10.1. The van der Waals surface area contributed by atoms with Crippen LogP contribution in [0.3, 0.4) is 0 Å². The Morgan fingerprint density at radius 3 is 2.43 bits per heavy atom. The summed E-state index contributed by atoms with van der Waals surface area (Å²) in [6.07, 6.45) is 0.323.